The molecule has 252 valence electrons. The van der Waals surface area contributed by atoms with Gasteiger partial charge in [-0.05, 0) is 57.8 Å². The van der Waals surface area contributed by atoms with Gasteiger partial charge in [0.25, 0.3) is 0 Å². The molecule has 0 amide bonds. The van der Waals surface area contributed by atoms with E-state index in [-0.39, 0.29) is 25.2 Å². The summed E-state index contributed by atoms with van der Waals surface area (Å²) in [5.41, 5.74) is 0. The van der Waals surface area contributed by atoms with Gasteiger partial charge in [0.1, 0.15) is 6.61 Å². The molecular formula is C39H66O5. The van der Waals surface area contributed by atoms with E-state index < -0.39 is 6.10 Å². The zero-order valence-electron chi connectivity index (χ0n) is 28.4. The van der Waals surface area contributed by atoms with Crippen LogP contribution in [0.5, 0.6) is 0 Å². The minimum atomic E-state index is -0.780. The Kier molecular flexibility index (Phi) is 33.2. The van der Waals surface area contributed by atoms with E-state index in [1.807, 2.05) is 0 Å². The summed E-state index contributed by atoms with van der Waals surface area (Å²) in [6.45, 7) is 3.96. The van der Waals surface area contributed by atoms with Crippen molar-refractivity contribution < 1.29 is 24.2 Å². The van der Waals surface area contributed by atoms with Crippen LogP contribution in [0.3, 0.4) is 0 Å². The Morgan fingerprint density at radius 3 is 1.48 bits per heavy atom. The second-order valence-electron chi connectivity index (χ2n) is 11.6. The Hall–Kier alpha value is -2.40. The molecule has 0 aliphatic heterocycles. The first-order valence-electron chi connectivity index (χ1n) is 17.8. The average Bonchev–Trinajstić information content (AvgIpc) is 3.02. The fraction of sp³-hybridized carbons (Fsp3) is 0.692. The maximum atomic E-state index is 12.1. The predicted molar refractivity (Wildman–Crippen MR) is 187 cm³/mol. The van der Waals surface area contributed by atoms with Gasteiger partial charge in [0.2, 0.25) is 0 Å². The molecule has 0 spiro atoms. The first-order chi connectivity index (χ1) is 21.6. The van der Waals surface area contributed by atoms with E-state index in [0.29, 0.717) is 12.8 Å². The van der Waals surface area contributed by atoms with Gasteiger partial charge < -0.3 is 14.6 Å². The lowest BCUT2D eigenvalue weighted by Crippen LogP contribution is -2.28. The van der Waals surface area contributed by atoms with Gasteiger partial charge in [-0.1, -0.05) is 145 Å². The van der Waals surface area contributed by atoms with Crippen LogP contribution in [-0.2, 0) is 19.1 Å². The molecule has 0 saturated heterocycles. The monoisotopic (exact) mass is 614 g/mol. The summed E-state index contributed by atoms with van der Waals surface area (Å²) in [6, 6.07) is 0. The molecule has 1 atom stereocenters. The van der Waals surface area contributed by atoms with Crippen LogP contribution < -0.4 is 0 Å². The minimum Gasteiger partial charge on any atom is -0.462 e. The number of carbonyl (C=O) groups excluding carboxylic acids is 2. The molecular weight excluding hydrogens is 548 g/mol. The number of hydrogen-bond donors (Lipinski definition) is 1. The van der Waals surface area contributed by atoms with Crippen molar-refractivity contribution in [2.45, 2.75) is 161 Å². The number of carbonyl (C=O) groups is 2. The molecule has 0 heterocycles. The van der Waals surface area contributed by atoms with Crippen LogP contribution in [0.1, 0.15) is 155 Å². The Morgan fingerprint density at radius 2 is 0.977 bits per heavy atom. The third-order valence-corrected chi connectivity index (χ3v) is 7.33. The lowest BCUT2D eigenvalue weighted by molar-refractivity contribution is -0.161. The number of allylic oxidation sites excluding steroid dienone is 10. The van der Waals surface area contributed by atoms with E-state index >= 15 is 0 Å². The number of unbranched alkanes of at least 4 members (excludes halogenated alkanes) is 13. The van der Waals surface area contributed by atoms with Gasteiger partial charge in [0.15, 0.2) is 6.10 Å². The van der Waals surface area contributed by atoms with Crippen LogP contribution in [0.4, 0.5) is 0 Å². The molecule has 0 aromatic heterocycles. The van der Waals surface area contributed by atoms with Crippen LogP contribution in [-0.4, -0.2) is 36.4 Å². The second kappa shape index (κ2) is 35.1. The first-order valence-corrected chi connectivity index (χ1v) is 17.8. The molecule has 0 aliphatic rings. The van der Waals surface area contributed by atoms with Gasteiger partial charge in [-0.3, -0.25) is 9.59 Å². The summed E-state index contributed by atoms with van der Waals surface area (Å²) in [7, 11) is 0. The molecule has 5 nitrogen and oxygen atoms in total. The van der Waals surface area contributed by atoms with Gasteiger partial charge in [-0.25, -0.2) is 0 Å². The van der Waals surface area contributed by atoms with Crippen molar-refractivity contribution in [3.05, 3.63) is 60.8 Å². The fourth-order valence-corrected chi connectivity index (χ4v) is 4.64. The molecule has 0 bridgehead atoms. The highest BCUT2D eigenvalue weighted by atomic mass is 16.6. The van der Waals surface area contributed by atoms with Crippen LogP contribution in [0.2, 0.25) is 0 Å². The second-order valence-corrected chi connectivity index (χ2v) is 11.6. The van der Waals surface area contributed by atoms with Crippen molar-refractivity contribution >= 4 is 11.9 Å². The molecule has 0 saturated carbocycles. The summed E-state index contributed by atoms with van der Waals surface area (Å²) >= 11 is 0. The van der Waals surface area contributed by atoms with E-state index in [0.717, 1.165) is 89.9 Å². The Bertz CT molecular complexity index is 792. The zero-order valence-corrected chi connectivity index (χ0v) is 28.4. The van der Waals surface area contributed by atoms with Crippen molar-refractivity contribution in [3.63, 3.8) is 0 Å². The molecule has 1 N–H and O–H groups in total. The molecule has 0 aliphatic carbocycles. The van der Waals surface area contributed by atoms with Crippen LogP contribution in [0, 0.1) is 0 Å². The molecule has 0 aromatic carbocycles. The van der Waals surface area contributed by atoms with Gasteiger partial charge in [-0.2, -0.15) is 0 Å². The summed E-state index contributed by atoms with van der Waals surface area (Å²) in [5, 5.41) is 9.50. The first kappa shape index (κ1) is 41.6. The van der Waals surface area contributed by atoms with E-state index in [9.17, 15) is 14.7 Å². The standard InChI is InChI=1S/C39H66O5/c1-3-5-7-9-11-13-14-15-16-17-18-19-20-21-22-23-24-26-28-30-32-34-39(42)44-37(35-40)36-43-38(41)33-31-29-27-25-12-10-8-6-4-2/h5,7,11,13,15-16,18-19,21-22,37,40H,3-4,6,8-10,12,14,17,20,23-36H2,1-2H3/b7-5-,13-11-,16-15-,19-18-,22-21-. The lowest BCUT2D eigenvalue weighted by Gasteiger charge is -2.15. The third-order valence-electron chi connectivity index (χ3n) is 7.33. The highest BCUT2D eigenvalue weighted by Gasteiger charge is 2.16. The summed E-state index contributed by atoms with van der Waals surface area (Å²) < 4.78 is 10.5. The maximum absolute atomic E-state index is 12.1. The molecule has 5 heteroatoms. The van der Waals surface area contributed by atoms with E-state index in [1.165, 1.54) is 38.5 Å². The summed E-state index contributed by atoms with van der Waals surface area (Å²) in [6.07, 6.45) is 44.2. The zero-order chi connectivity index (χ0) is 32.2. The number of hydrogen-bond acceptors (Lipinski definition) is 5. The van der Waals surface area contributed by atoms with Crippen LogP contribution in [0.25, 0.3) is 0 Å². The third kappa shape index (κ3) is 32.5. The smallest absolute Gasteiger partial charge is 0.306 e. The van der Waals surface area contributed by atoms with Crippen molar-refractivity contribution in [1.82, 2.24) is 0 Å². The number of esters is 2. The average molecular weight is 615 g/mol. The van der Waals surface area contributed by atoms with Gasteiger partial charge >= 0.3 is 11.9 Å². The van der Waals surface area contributed by atoms with E-state index in [4.69, 9.17) is 9.47 Å². The van der Waals surface area contributed by atoms with Crippen molar-refractivity contribution in [1.29, 1.82) is 0 Å². The number of aliphatic hydroxyl groups excluding tert-OH is 1. The Labute approximate surface area is 271 Å². The molecule has 1 unspecified atom stereocenters. The molecule has 44 heavy (non-hydrogen) atoms. The quantitative estimate of drug-likeness (QED) is 0.0478. The maximum Gasteiger partial charge on any atom is 0.306 e. The summed E-state index contributed by atoms with van der Waals surface area (Å²) in [5.74, 6) is -0.621. The number of rotatable bonds is 31. The number of aliphatic hydroxyl groups is 1. The minimum absolute atomic E-state index is 0.0751. The van der Waals surface area contributed by atoms with Gasteiger partial charge in [-0.15, -0.1) is 0 Å². The number of ether oxygens (including phenoxy) is 2. The van der Waals surface area contributed by atoms with Gasteiger partial charge in [0, 0.05) is 12.8 Å². The van der Waals surface area contributed by atoms with Crippen molar-refractivity contribution in [2.75, 3.05) is 13.2 Å². The van der Waals surface area contributed by atoms with E-state index in [2.05, 4.69) is 74.6 Å². The highest BCUT2D eigenvalue weighted by molar-refractivity contribution is 5.70. The van der Waals surface area contributed by atoms with Gasteiger partial charge in [0.05, 0.1) is 6.61 Å². The topological polar surface area (TPSA) is 72.8 Å². The van der Waals surface area contributed by atoms with E-state index in [1.54, 1.807) is 0 Å². The van der Waals surface area contributed by atoms with Crippen molar-refractivity contribution in [3.8, 4) is 0 Å². The fourth-order valence-electron chi connectivity index (χ4n) is 4.64. The normalized spacial score (nSPS) is 12.9. The molecule has 0 radical (unpaired) electrons. The Morgan fingerprint density at radius 1 is 0.545 bits per heavy atom. The summed E-state index contributed by atoms with van der Waals surface area (Å²) in [4.78, 5) is 24.1. The molecule has 0 rings (SSSR count). The predicted octanol–water partition coefficient (Wildman–Crippen LogP) is 10.8. The van der Waals surface area contributed by atoms with Crippen LogP contribution >= 0.6 is 0 Å². The largest absolute Gasteiger partial charge is 0.462 e. The van der Waals surface area contributed by atoms with Crippen molar-refractivity contribution in [2.24, 2.45) is 0 Å². The molecule has 0 aromatic rings. The molecule has 0 fully saturated rings. The lowest BCUT2D eigenvalue weighted by atomic mass is 10.1. The SMILES string of the molecule is CC/C=C\C/C=C\C/C=C\C/C=C\C/C=C\CCCCCCCC(=O)OC(CO)COC(=O)CCCCCCCCCCC. The van der Waals surface area contributed by atoms with Crippen LogP contribution in [0.15, 0.2) is 60.8 Å². The highest BCUT2D eigenvalue weighted by Crippen LogP contribution is 2.12. The Balaban J connectivity index is 3.64.